The SMILES string of the molecule is CCC1OC(=O)CC[C@H](C)CCC[C@@H](C)C(=O)/C=C/C(C)=C/C1Cn1cc(-c2cccnc2)nn1. The first-order valence-corrected chi connectivity index (χ1v) is 12.8. The van der Waals surface area contributed by atoms with Crippen LogP contribution < -0.4 is 0 Å². The molecule has 7 nitrogen and oxygen atoms in total. The number of carbonyl (C=O) groups is 2. The zero-order valence-corrected chi connectivity index (χ0v) is 21.4. The van der Waals surface area contributed by atoms with Crippen LogP contribution in [0, 0.1) is 17.8 Å². The number of carbonyl (C=O) groups excluding carboxylic acids is 2. The van der Waals surface area contributed by atoms with Gasteiger partial charge in [-0.1, -0.05) is 56.6 Å². The predicted molar refractivity (Wildman–Crippen MR) is 136 cm³/mol. The standard InChI is InChI=1S/C28H38N4O3/c1-5-27-24(18-32-19-25(30-31-32)23-10-7-15-29-17-23)16-21(3)11-13-26(33)22(4)9-6-8-20(2)12-14-28(34)35-27/h7,10-11,13,15-17,19-20,22,24,27H,5-6,8-9,12,14,18H2,1-4H3/b13-11+,21-16+/t20-,22-,24?,27?/m1/s1. The van der Waals surface area contributed by atoms with Gasteiger partial charge in [0.25, 0.3) is 0 Å². The van der Waals surface area contributed by atoms with E-state index in [0.29, 0.717) is 25.3 Å². The van der Waals surface area contributed by atoms with Gasteiger partial charge in [0.05, 0.1) is 12.7 Å². The average Bonchev–Trinajstić information content (AvgIpc) is 3.32. The fraction of sp³-hybridized carbons (Fsp3) is 0.536. The molecule has 2 aromatic rings. The number of hydrogen-bond acceptors (Lipinski definition) is 6. The number of ether oxygens (including phenoxy) is 1. The summed E-state index contributed by atoms with van der Waals surface area (Å²) < 4.78 is 7.75. The third kappa shape index (κ3) is 8.26. The zero-order chi connectivity index (χ0) is 25.2. The maximum atomic E-state index is 12.7. The second-order valence-electron chi connectivity index (χ2n) is 9.79. The van der Waals surface area contributed by atoms with E-state index in [0.717, 1.165) is 42.5 Å². The summed E-state index contributed by atoms with van der Waals surface area (Å²) in [6, 6.07) is 3.81. The lowest BCUT2D eigenvalue weighted by Crippen LogP contribution is -2.29. The number of hydrogen-bond donors (Lipinski definition) is 0. The van der Waals surface area contributed by atoms with Crippen LogP contribution in [0.3, 0.4) is 0 Å². The number of nitrogens with zero attached hydrogens (tertiary/aromatic N) is 4. The van der Waals surface area contributed by atoms with Gasteiger partial charge in [0.1, 0.15) is 11.8 Å². The maximum Gasteiger partial charge on any atom is 0.306 e. The number of cyclic esters (lactones) is 1. The minimum absolute atomic E-state index is 0.00403. The second kappa shape index (κ2) is 13.1. The first-order chi connectivity index (χ1) is 16.9. The van der Waals surface area contributed by atoms with Gasteiger partial charge in [-0.05, 0) is 50.3 Å². The molecule has 0 amide bonds. The maximum absolute atomic E-state index is 12.7. The van der Waals surface area contributed by atoms with Gasteiger partial charge in [0, 0.05) is 36.2 Å². The molecule has 0 fully saturated rings. The van der Waals surface area contributed by atoms with Crippen molar-refractivity contribution in [2.24, 2.45) is 17.8 Å². The molecule has 4 atom stereocenters. The third-order valence-corrected chi connectivity index (χ3v) is 6.71. The van der Waals surface area contributed by atoms with Gasteiger partial charge in [0.15, 0.2) is 5.78 Å². The molecule has 35 heavy (non-hydrogen) atoms. The Morgan fingerprint density at radius 3 is 2.71 bits per heavy atom. The fourth-order valence-electron chi connectivity index (χ4n) is 4.42. The molecule has 0 radical (unpaired) electrons. The van der Waals surface area contributed by atoms with Gasteiger partial charge in [0.2, 0.25) is 0 Å². The van der Waals surface area contributed by atoms with Crippen LogP contribution in [0.4, 0.5) is 0 Å². The molecule has 0 aromatic carbocycles. The number of pyridine rings is 1. The van der Waals surface area contributed by atoms with Crippen molar-refractivity contribution in [3.63, 3.8) is 0 Å². The summed E-state index contributed by atoms with van der Waals surface area (Å²) in [7, 11) is 0. The summed E-state index contributed by atoms with van der Waals surface area (Å²) in [6.07, 6.45) is 15.5. The molecule has 188 valence electrons. The van der Waals surface area contributed by atoms with Gasteiger partial charge in [-0.25, -0.2) is 0 Å². The summed E-state index contributed by atoms with van der Waals surface area (Å²) in [5.74, 6) is 0.317. The number of rotatable bonds is 4. The molecule has 2 unspecified atom stereocenters. The fourth-order valence-corrected chi connectivity index (χ4v) is 4.42. The topological polar surface area (TPSA) is 87.0 Å². The predicted octanol–water partition coefficient (Wildman–Crippen LogP) is 5.59. The lowest BCUT2D eigenvalue weighted by Gasteiger charge is -2.25. The Balaban J connectivity index is 1.85. The van der Waals surface area contributed by atoms with Gasteiger partial charge in [-0.3, -0.25) is 19.3 Å². The molecule has 0 spiro atoms. The number of esters is 1. The van der Waals surface area contributed by atoms with Crippen LogP contribution in [0.1, 0.15) is 66.2 Å². The molecule has 2 aromatic heterocycles. The lowest BCUT2D eigenvalue weighted by molar-refractivity contribution is -0.151. The molecule has 3 rings (SSSR count). The van der Waals surface area contributed by atoms with E-state index in [1.54, 1.807) is 23.2 Å². The first kappa shape index (κ1) is 26.5. The van der Waals surface area contributed by atoms with Crippen molar-refractivity contribution in [3.05, 3.63) is 54.5 Å². The normalized spacial score (nSPS) is 27.6. The Bertz CT molecular complexity index is 1030. The van der Waals surface area contributed by atoms with E-state index in [-0.39, 0.29) is 29.7 Å². The quantitative estimate of drug-likeness (QED) is 0.533. The van der Waals surface area contributed by atoms with E-state index in [2.05, 4.69) is 28.3 Å². The molecular weight excluding hydrogens is 440 g/mol. The Labute approximate surface area is 208 Å². The molecule has 7 heteroatoms. The van der Waals surface area contributed by atoms with Crippen molar-refractivity contribution < 1.29 is 14.3 Å². The van der Waals surface area contributed by atoms with Crippen LogP contribution in [-0.4, -0.2) is 37.8 Å². The highest BCUT2D eigenvalue weighted by Crippen LogP contribution is 2.23. The molecule has 0 saturated heterocycles. The number of allylic oxidation sites excluding steroid dienone is 3. The highest BCUT2D eigenvalue weighted by atomic mass is 16.5. The molecule has 3 heterocycles. The Kier molecular flexibility index (Phi) is 9.94. The van der Waals surface area contributed by atoms with E-state index < -0.39 is 0 Å². The Morgan fingerprint density at radius 1 is 1.14 bits per heavy atom. The molecule has 1 aliphatic rings. The molecule has 0 bridgehead atoms. The molecule has 0 aliphatic carbocycles. The Morgan fingerprint density at radius 2 is 1.97 bits per heavy atom. The number of aromatic nitrogens is 4. The average molecular weight is 479 g/mol. The summed E-state index contributed by atoms with van der Waals surface area (Å²) >= 11 is 0. The van der Waals surface area contributed by atoms with Crippen LogP contribution in [0.25, 0.3) is 11.3 Å². The summed E-state index contributed by atoms with van der Waals surface area (Å²) in [5, 5.41) is 8.60. The van der Waals surface area contributed by atoms with Crippen LogP contribution in [0.15, 0.2) is 54.5 Å². The van der Waals surface area contributed by atoms with E-state index in [4.69, 9.17) is 4.74 Å². The summed E-state index contributed by atoms with van der Waals surface area (Å²) in [5.41, 5.74) is 2.59. The summed E-state index contributed by atoms with van der Waals surface area (Å²) in [6.45, 7) is 8.67. The van der Waals surface area contributed by atoms with E-state index in [1.165, 1.54) is 0 Å². The molecule has 0 N–H and O–H groups in total. The van der Waals surface area contributed by atoms with Crippen molar-refractivity contribution in [2.45, 2.75) is 78.9 Å². The monoisotopic (exact) mass is 478 g/mol. The largest absolute Gasteiger partial charge is 0.462 e. The molecule has 0 saturated carbocycles. The second-order valence-corrected chi connectivity index (χ2v) is 9.79. The molecular formula is C28H38N4O3. The number of ketones is 1. The van der Waals surface area contributed by atoms with Crippen LogP contribution in [0.5, 0.6) is 0 Å². The highest BCUT2D eigenvalue weighted by molar-refractivity contribution is 5.91. The van der Waals surface area contributed by atoms with Crippen molar-refractivity contribution in [1.29, 1.82) is 0 Å². The summed E-state index contributed by atoms with van der Waals surface area (Å²) in [4.78, 5) is 29.5. The molecule has 1 aliphatic heterocycles. The lowest BCUT2D eigenvalue weighted by atomic mass is 9.92. The Hall–Kier alpha value is -3.09. The minimum atomic E-state index is -0.297. The van der Waals surface area contributed by atoms with Gasteiger partial charge in [-0.15, -0.1) is 5.10 Å². The zero-order valence-electron chi connectivity index (χ0n) is 21.4. The van der Waals surface area contributed by atoms with Crippen LogP contribution >= 0.6 is 0 Å². The smallest absolute Gasteiger partial charge is 0.306 e. The van der Waals surface area contributed by atoms with Crippen molar-refractivity contribution in [3.8, 4) is 11.3 Å². The van der Waals surface area contributed by atoms with Gasteiger partial charge in [-0.2, -0.15) is 0 Å². The van der Waals surface area contributed by atoms with E-state index in [1.807, 2.05) is 45.2 Å². The van der Waals surface area contributed by atoms with Crippen LogP contribution in [0.2, 0.25) is 0 Å². The highest BCUT2D eigenvalue weighted by Gasteiger charge is 2.24. The van der Waals surface area contributed by atoms with Crippen LogP contribution in [-0.2, 0) is 20.9 Å². The van der Waals surface area contributed by atoms with Crippen molar-refractivity contribution >= 4 is 11.8 Å². The van der Waals surface area contributed by atoms with E-state index >= 15 is 0 Å². The first-order valence-electron chi connectivity index (χ1n) is 12.8. The van der Waals surface area contributed by atoms with Crippen molar-refractivity contribution in [1.82, 2.24) is 20.0 Å². The van der Waals surface area contributed by atoms with Gasteiger partial charge < -0.3 is 4.74 Å². The minimum Gasteiger partial charge on any atom is -0.462 e. The van der Waals surface area contributed by atoms with E-state index in [9.17, 15) is 9.59 Å². The third-order valence-electron chi connectivity index (χ3n) is 6.71. The van der Waals surface area contributed by atoms with Gasteiger partial charge >= 0.3 is 5.97 Å². The van der Waals surface area contributed by atoms with Crippen molar-refractivity contribution in [2.75, 3.05) is 0 Å².